The molecule has 0 radical (unpaired) electrons. The van der Waals surface area contributed by atoms with Gasteiger partial charge < -0.3 is 9.64 Å². The van der Waals surface area contributed by atoms with Crippen molar-refractivity contribution in [2.45, 2.75) is 27.2 Å². The number of hydrogen-bond donors (Lipinski definition) is 0. The molecule has 0 saturated carbocycles. The fraction of sp³-hybridized carbons (Fsp3) is 0.750. The first kappa shape index (κ1) is 12.2. The van der Waals surface area contributed by atoms with Crippen LogP contribution in [0.4, 0.5) is 0 Å². The number of morpholine rings is 1. The van der Waals surface area contributed by atoms with E-state index in [1.165, 1.54) is 5.57 Å². The van der Waals surface area contributed by atoms with Crippen molar-refractivity contribution >= 4 is 5.91 Å². The van der Waals surface area contributed by atoms with Crippen molar-refractivity contribution < 1.29 is 9.53 Å². The molecule has 0 aromatic heterocycles. The van der Waals surface area contributed by atoms with Crippen molar-refractivity contribution in [1.82, 2.24) is 4.90 Å². The smallest absolute Gasteiger partial charge is 0.246 e. The maximum absolute atomic E-state index is 11.9. The minimum Gasteiger partial charge on any atom is -0.378 e. The highest BCUT2D eigenvalue weighted by Crippen LogP contribution is 2.14. The van der Waals surface area contributed by atoms with Crippen molar-refractivity contribution in [3.8, 4) is 0 Å². The Morgan fingerprint density at radius 3 is 2.47 bits per heavy atom. The highest BCUT2D eigenvalue weighted by Gasteiger charge is 2.15. The van der Waals surface area contributed by atoms with Crippen molar-refractivity contribution in [3.63, 3.8) is 0 Å². The van der Waals surface area contributed by atoms with Crippen molar-refractivity contribution in [1.29, 1.82) is 0 Å². The predicted octanol–water partition coefficient (Wildman–Crippen LogP) is 1.84. The molecule has 0 aromatic rings. The Bertz CT molecular complexity index is 240. The first-order valence-electron chi connectivity index (χ1n) is 5.72. The van der Waals surface area contributed by atoms with Crippen LogP contribution in [0.25, 0.3) is 0 Å². The zero-order valence-electron chi connectivity index (χ0n) is 9.95. The Hall–Kier alpha value is -0.830. The molecular formula is C12H21NO2. The molecule has 0 N–H and O–H groups in total. The SMILES string of the molecule is CC/C(=C/C(=O)N1CCOCC1)C(C)C. The maximum Gasteiger partial charge on any atom is 0.246 e. The average molecular weight is 211 g/mol. The van der Waals surface area contributed by atoms with Gasteiger partial charge in [0.1, 0.15) is 0 Å². The standard InChI is InChI=1S/C12H21NO2/c1-4-11(10(2)3)9-12(14)13-5-7-15-8-6-13/h9-10H,4-8H2,1-3H3/b11-9-. The second kappa shape index (κ2) is 5.91. The summed E-state index contributed by atoms with van der Waals surface area (Å²) in [6.45, 7) is 9.14. The first-order chi connectivity index (χ1) is 7.15. The molecule has 1 saturated heterocycles. The van der Waals surface area contributed by atoms with E-state index in [1.54, 1.807) is 6.08 Å². The first-order valence-corrected chi connectivity index (χ1v) is 5.72. The van der Waals surface area contributed by atoms with E-state index in [-0.39, 0.29) is 5.91 Å². The van der Waals surface area contributed by atoms with Crippen LogP contribution in [0.15, 0.2) is 11.6 Å². The van der Waals surface area contributed by atoms with Gasteiger partial charge in [-0.1, -0.05) is 26.3 Å². The highest BCUT2D eigenvalue weighted by atomic mass is 16.5. The Balaban J connectivity index is 2.58. The summed E-state index contributed by atoms with van der Waals surface area (Å²) in [6.07, 6.45) is 2.75. The molecule has 0 aliphatic carbocycles. The van der Waals surface area contributed by atoms with E-state index in [2.05, 4.69) is 20.8 Å². The Labute approximate surface area is 92.1 Å². The minimum atomic E-state index is 0.142. The second-order valence-electron chi connectivity index (χ2n) is 4.17. The number of rotatable bonds is 3. The van der Waals surface area contributed by atoms with Gasteiger partial charge in [-0.25, -0.2) is 0 Å². The number of allylic oxidation sites excluding steroid dienone is 1. The third-order valence-corrected chi connectivity index (χ3v) is 2.78. The van der Waals surface area contributed by atoms with E-state index in [0.717, 1.165) is 19.5 Å². The fourth-order valence-electron chi connectivity index (χ4n) is 1.71. The van der Waals surface area contributed by atoms with Crippen molar-refractivity contribution in [2.75, 3.05) is 26.3 Å². The molecule has 1 fully saturated rings. The molecular weight excluding hydrogens is 190 g/mol. The molecule has 15 heavy (non-hydrogen) atoms. The molecule has 0 bridgehead atoms. The number of nitrogens with zero attached hydrogens (tertiary/aromatic N) is 1. The summed E-state index contributed by atoms with van der Waals surface area (Å²) in [6, 6.07) is 0. The summed E-state index contributed by atoms with van der Waals surface area (Å²) in [5.74, 6) is 0.601. The quantitative estimate of drug-likeness (QED) is 0.667. The van der Waals surface area contributed by atoms with E-state index in [0.29, 0.717) is 19.1 Å². The van der Waals surface area contributed by atoms with Gasteiger partial charge in [0.2, 0.25) is 5.91 Å². The van der Waals surface area contributed by atoms with Gasteiger partial charge in [-0.05, 0) is 12.3 Å². The van der Waals surface area contributed by atoms with Gasteiger partial charge in [0.25, 0.3) is 0 Å². The van der Waals surface area contributed by atoms with E-state index < -0.39 is 0 Å². The molecule has 3 nitrogen and oxygen atoms in total. The number of carbonyl (C=O) groups is 1. The van der Waals surface area contributed by atoms with Gasteiger partial charge in [-0.3, -0.25) is 4.79 Å². The number of hydrogen-bond acceptors (Lipinski definition) is 2. The van der Waals surface area contributed by atoms with Gasteiger partial charge in [-0.15, -0.1) is 0 Å². The molecule has 86 valence electrons. The molecule has 0 unspecified atom stereocenters. The normalized spacial score (nSPS) is 18.4. The van der Waals surface area contributed by atoms with Crippen LogP contribution in [0.2, 0.25) is 0 Å². The summed E-state index contributed by atoms with van der Waals surface area (Å²) >= 11 is 0. The van der Waals surface area contributed by atoms with Crippen LogP contribution in [0.1, 0.15) is 27.2 Å². The van der Waals surface area contributed by atoms with Crippen LogP contribution in [-0.2, 0) is 9.53 Å². The lowest BCUT2D eigenvalue weighted by Gasteiger charge is -2.26. The van der Waals surface area contributed by atoms with E-state index >= 15 is 0 Å². The van der Waals surface area contributed by atoms with Crippen LogP contribution in [0.3, 0.4) is 0 Å². The Morgan fingerprint density at radius 2 is 2.00 bits per heavy atom. The van der Waals surface area contributed by atoms with Crippen LogP contribution in [0, 0.1) is 5.92 Å². The third kappa shape index (κ3) is 3.67. The lowest BCUT2D eigenvalue weighted by molar-refractivity contribution is -0.130. The topological polar surface area (TPSA) is 29.5 Å². The largest absolute Gasteiger partial charge is 0.378 e. The Morgan fingerprint density at radius 1 is 1.40 bits per heavy atom. The molecule has 0 aromatic carbocycles. The summed E-state index contributed by atoms with van der Waals surface area (Å²) < 4.78 is 5.21. The van der Waals surface area contributed by atoms with E-state index in [1.807, 2.05) is 4.90 Å². The van der Waals surface area contributed by atoms with Gasteiger partial charge in [0, 0.05) is 19.2 Å². The second-order valence-corrected chi connectivity index (χ2v) is 4.17. The molecule has 0 spiro atoms. The summed E-state index contributed by atoms with van der Waals surface area (Å²) in [5, 5.41) is 0. The monoisotopic (exact) mass is 211 g/mol. The van der Waals surface area contributed by atoms with Crippen LogP contribution in [-0.4, -0.2) is 37.1 Å². The van der Waals surface area contributed by atoms with Gasteiger partial charge >= 0.3 is 0 Å². The van der Waals surface area contributed by atoms with Gasteiger partial charge in [0.15, 0.2) is 0 Å². The van der Waals surface area contributed by atoms with Gasteiger partial charge in [0.05, 0.1) is 13.2 Å². The van der Waals surface area contributed by atoms with Crippen molar-refractivity contribution in [2.24, 2.45) is 5.92 Å². The lowest BCUT2D eigenvalue weighted by Crippen LogP contribution is -2.40. The van der Waals surface area contributed by atoms with Crippen LogP contribution in [0.5, 0.6) is 0 Å². The molecule has 1 heterocycles. The number of amides is 1. The van der Waals surface area contributed by atoms with Crippen molar-refractivity contribution in [3.05, 3.63) is 11.6 Å². The number of carbonyl (C=O) groups excluding carboxylic acids is 1. The Kier molecular flexibility index (Phi) is 4.82. The molecule has 1 aliphatic heterocycles. The molecule has 1 aliphatic rings. The summed E-state index contributed by atoms with van der Waals surface area (Å²) in [5.41, 5.74) is 1.23. The molecule has 1 rings (SSSR count). The van der Waals surface area contributed by atoms with E-state index in [9.17, 15) is 4.79 Å². The van der Waals surface area contributed by atoms with Crippen LogP contribution >= 0.6 is 0 Å². The molecule has 1 amide bonds. The predicted molar refractivity (Wildman–Crippen MR) is 60.6 cm³/mol. The number of ether oxygens (including phenoxy) is 1. The molecule has 0 atom stereocenters. The van der Waals surface area contributed by atoms with Crippen LogP contribution < -0.4 is 0 Å². The zero-order chi connectivity index (χ0) is 11.3. The zero-order valence-corrected chi connectivity index (χ0v) is 9.95. The average Bonchev–Trinajstić information content (AvgIpc) is 2.26. The molecule has 3 heteroatoms. The third-order valence-electron chi connectivity index (χ3n) is 2.78. The fourth-order valence-corrected chi connectivity index (χ4v) is 1.71. The van der Waals surface area contributed by atoms with Gasteiger partial charge in [-0.2, -0.15) is 0 Å². The summed E-state index contributed by atoms with van der Waals surface area (Å²) in [7, 11) is 0. The maximum atomic E-state index is 11.9. The van der Waals surface area contributed by atoms with E-state index in [4.69, 9.17) is 4.74 Å². The lowest BCUT2D eigenvalue weighted by atomic mass is 10.0. The minimum absolute atomic E-state index is 0.142. The highest BCUT2D eigenvalue weighted by molar-refractivity contribution is 5.88. The summed E-state index contributed by atoms with van der Waals surface area (Å²) in [4.78, 5) is 13.7.